The SMILES string of the molecule is CC(C)(C)c1ccc(CN2CCC(n3cnc4ccccc43)CC2)cc1. The van der Waals surface area contributed by atoms with Crippen LogP contribution in [0.4, 0.5) is 0 Å². The minimum Gasteiger partial charge on any atom is -0.327 e. The summed E-state index contributed by atoms with van der Waals surface area (Å²) < 4.78 is 2.38. The van der Waals surface area contributed by atoms with Gasteiger partial charge in [-0.3, -0.25) is 4.90 Å². The van der Waals surface area contributed by atoms with Gasteiger partial charge in [-0.1, -0.05) is 57.2 Å². The summed E-state index contributed by atoms with van der Waals surface area (Å²) in [6.45, 7) is 10.2. The normalized spacial score (nSPS) is 17.0. The van der Waals surface area contributed by atoms with E-state index in [0.29, 0.717) is 6.04 Å². The van der Waals surface area contributed by atoms with Crippen molar-refractivity contribution in [3.63, 3.8) is 0 Å². The van der Waals surface area contributed by atoms with E-state index < -0.39 is 0 Å². The number of nitrogens with zero attached hydrogens (tertiary/aromatic N) is 3. The van der Waals surface area contributed by atoms with Crippen LogP contribution >= 0.6 is 0 Å². The molecule has 1 aliphatic rings. The van der Waals surface area contributed by atoms with Gasteiger partial charge in [0.1, 0.15) is 0 Å². The molecule has 0 unspecified atom stereocenters. The number of fused-ring (bicyclic) bond motifs is 1. The van der Waals surface area contributed by atoms with Crippen molar-refractivity contribution in [3.05, 3.63) is 66.0 Å². The highest BCUT2D eigenvalue weighted by Gasteiger charge is 2.22. The molecule has 4 rings (SSSR count). The van der Waals surface area contributed by atoms with Gasteiger partial charge in [0.25, 0.3) is 0 Å². The molecule has 1 aliphatic heterocycles. The van der Waals surface area contributed by atoms with Gasteiger partial charge in [0.15, 0.2) is 0 Å². The fourth-order valence-corrected chi connectivity index (χ4v) is 3.99. The Balaban J connectivity index is 1.38. The highest BCUT2D eigenvalue weighted by molar-refractivity contribution is 5.75. The number of benzene rings is 2. The number of hydrogen-bond acceptors (Lipinski definition) is 2. The summed E-state index contributed by atoms with van der Waals surface area (Å²) in [5.74, 6) is 0. The number of imidazole rings is 1. The maximum atomic E-state index is 4.56. The maximum Gasteiger partial charge on any atom is 0.0960 e. The Kier molecular flexibility index (Phi) is 4.58. The number of rotatable bonds is 3. The minimum atomic E-state index is 0.227. The molecule has 0 amide bonds. The Hall–Kier alpha value is -2.13. The third-order valence-corrected chi connectivity index (χ3v) is 5.66. The van der Waals surface area contributed by atoms with Crippen LogP contribution in [-0.2, 0) is 12.0 Å². The predicted octanol–water partition coefficient (Wildman–Crippen LogP) is 5.17. The third-order valence-electron chi connectivity index (χ3n) is 5.66. The van der Waals surface area contributed by atoms with Gasteiger partial charge in [-0.2, -0.15) is 0 Å². The molecule has 0 saturated carbocycles. The molecule has 0 aliphatic carbocycles. The molecular weight excluding hydrogens is 318 g/mol. The number of hydrogen-bond donors (Lipinski definition) is 0. The molecule has 2 heterocycles. The van der Waals surface area contributed by atoms with Crippen molar-refractivity contribution in [2.45, 2.75) is 51.6 Å². The maximum absolute atomic E-state index is 4.56. The van der Waals surface area contributed by atoms with Crippen molar-refractivity contribution in [1.29, 1.82) is 0 Å². The van der Waals surface area contributed by atoms with Crippen molar-refractivity contribution in [2.75, 3.05) is 13.1 Å². The first-order valence-electron chi connectivity index (χ1n) is 9.74. The topological polar surface area (TPSA) is 21.1 Å². The molecule has 3 heteroatoms. The Morgan fingerprint density at radius 1 is 0.962 bits per heavy atom. The van der Waals surface area contributed by atoms with Gasteiger partial charge in [0, 0.05) is 25.7 Å². The molecule has 1 fully saturated rings. The van der Waals surface area contributed by atoms with Gasteiger partial charge < -0.3 is 4.57 Å². The van der Waals surface area contributed by atoms with Crippen LogP contribution in [0.5, 0.6) is 0 Å². The van der Waals surface area contributed by atoms with Gasteiger partial charge >= 0.3 is 0 Å². The van der Waals surface area contributed by atoms with E-state index in [2.05, 4.69) is 83.8 Å². The fourth-order valence-electron chi connectivity index (χ4n) is 3.99. The van der Waals surface area contributed by atoms with E-state index in [1.807, 2.05) is 6.33 Å². The second-order valence-corrected chi connectivity index (χ2v) is 8.59. The molecule has 0 N–H and O–H groups in total. The van der Waals surface area contributed by atoms with Crippen LogP contribution in [0, 0.1) is 0 Å². The predicted molar refractivity (Wildman–Crippen MR) is 108 cm³/mol. The van der Waals surface area contributed by atoms with Gasteiger partial charge in [-0.15, -0.1) is 0 Å². The fraction of sp³-hybridized carbons (Fsp3) is 0.435. The first-order chi connectivity index (χ1) is 12.5. The number of aromatic nitrogens is 2. The summed E-state index contributed by atoms with van der Waals surface area (Å²) >= 11 is 0. The van der Waals surface area contributed by atoms with Gasteiger partial charge in [0.2, 0.25) is 0 Å². The third kappa shape index (κ3) is 3.54. The molecule has 0 atom stereocenters. The number of likely N-dealkylation sites (tertiary alicyclic amines) is 1. The molecule has 3 aromatic rings. The first-order valence-corrected chi connectivity index (χ1v) is 9.74. The average Bonchev–Trinajstić information content (AvgIpc) is 3.06. The molecule has 0 spiro atoms. The van der Waals surface area contributed by atoms with Crippen LogP contribution < -0.4 is 0 Å². The van der Waals surface area contributed by atoms with Crippen molar-refractivity contribution < 1.29 is 0 Å². The number of piperidine rings is 1. The lowest BCUT2D eigenvalue weighted by atomic mass is 9.86. The van der Waals surface area contributed by atoms with Crippen LogP contribution in [0.2, 0.25) is 0 Å². The number of para-hydroxylation sites is 2. The lowest BCUT2D eigenvalue weighted by Crippen LogP contribution is -2.34. The summed E-state index contributed by atoms with van der Waals surface area (Å²) in [4.78, 5) is 7.14. The molecule has 0 radical (unpaired) electrons. The first kappa shape index (κ1) is 17.3. The van der Waals surface area contributed by atoms with Crippen molar-refractivity contribution in [2.24, 2.45) is 0 Å². The zero-order valence-electron chi connectivity index (χ0n) is 16.2. The molecule has 26 heavy (non-hydrogen) atoms. The molecule has 2 aromatic carbocycles. The summed E-state index contributed by atoms with van der Waals surface area (Å²) in [5.41, 5.74) is 5.43. The Bertz CT molecular complexity index is 862. The van der Waals surface area contributed by atoms with Gasteiger partial charge in [-0.25, -0.2) is 4.98 Å². The van der Waals surface area contributed by atoms with Crippen molar-refractivity contribution in [3.8, 4) is 0 Å². The van der Waals surface area contributed by atoms with E-state index in [0.717, 1.165) is 25.2 Å². The van der Waals surface area contributed by atoms with E-state index >= 15 is 0 Å². The summed E-state index contributed by atoms with van der Waals surface area (Å²) in [6.07, 6.45) is 4.41. The highest BCUT2D eigenvalue weighted by Crippen LogP contribution is 2.28. The second-order valence-electron chi connectivity index (χ2n) is 8.59. The summed E-state index contributed by atoms with van der Waals surface area (Å²) in [5, 5.41) is 0. The average molecular weight is 348 g/mol. The van der Waals surface area contributed by atoms with Crippen LogP contribution in [-0.4, -0.2) is 27.5 Å². The van der Waals surface area contributed by atoms with Gasteiger partial charge in [0.05, 0.1) is 17.4 Å². The largest absolute Gasteiger partial charge is 0.327 e. The Morgan fingerprint density at radius 2 is 1.65 bits per heavy atom. The van der Waals surface area contributed by atoms with Crippen LogP contribution in [0.1, 0.15) is 50.8 Å². The summed E-state index contributed by atoms with van der Waals surface area (Å²) in [6, 6.07) is 18.2. The van der Waals surface area contributed by atoms with Crippen LogP contribution in [0.3, 0.4) is 0 Å². The van der Waals surface area contributed by atoms with Crippen LogP contribution in [0.15, 0.2) is 54.9 Å². The molecule has 1 saturated heterocycles. The van der Waals surface area contributed by atoms with Gasteiger partial charge in [-0.05, 0) is 41.5 Å². The van der Waals surface area contributed by atoms with E-state index in [4.69, 9.17) is 0 Å². The monoisotopic (exact) mass is 347 g/mol. The Morgan fingerprint density at radius 3 is 2.35 bits per heavy atom. The quantitative estimate of drug-likeness (QED) is 0.651. The Labute approximate surface area is 156 Å². The molecule has 0 bridgehead atoms. The minimum absolute atomic E-state index is 0.227. The summed E-state index contributed by atoms with van der Waals surface area (Å²) in [7, 11) is 0. The molecular formula is C23H29N3. The standard InChI is InChI=1S/C23H29N3/c1-23(2,3)19-10-8-18(9-11-19)16-25-14-12-20(13-15-25)26-17-24-21-6-4-5-7-22(21)26/h4-11,17,20H,12-16H2,1-3H3. The molecule has 1 aromatic heterocycles. The van der Waals surface area contributed by atoms with E-state index in [-0.39, 0.29) is 5.41 Å². The zero-order chi connectivity index (χ0) is 18.1. The van der Waals surface area contributed by atoms with Crippen molar-refractivity contribution in [1.82, 2.24) is 14.5 Å². The molecule has 3 nitrogen and oxygen atoms in total. The van der Waals surface area contributed by atoms with E-state index in [1.165, 1.54) is 29.5 Å². The smallest absolute Gasteiger partial charge is 0.0960 e. The lowest BCUT2D eigenvalue weighted by Gasteiger charge is -2.33. The molecule has 136 valence electrons. The van der Waals surface area contributed by atoms with E-state index in [1.54, 1.807) is 0 Å². The van der Waals surface area contributed by atoms with Crippen molar-refractivity contribution >= 4 is 11.0 Å². The van der Waals surface area contributed by atoms with Crippen LogP contribution in [0.25, 0.3) is 11.0 Å². The lowest BCUT2D eigenvalue weighted by molar-refractivity contribution is 0.181. The highest BCUT2D eigenvalue weighted by atomic mass is 15.2. The van der Waals surface area contributed by atoms with E-state index in [9.17, 15) is 0 Å². The second kappa shape index (κ2) is 6.88. The zero-order valence-corrected chi connectivity index (χ0v) is 16.2.